The van der Waals surface area contributed by atoms with Gasteiger partial charge in [0.25, 0.3) is 0 Å². The number of aromatic nitrogens is 2. The Bertz CT molecular complexity index is 337. The van der Waals surface area contributed by atoms with Crippen LogP contribution in [-0.4, -0.2) is 32.7 Å². The van der Waals surface area contributed by atoms with Crippen LogP contribution in [0.2, 0.25) is 0 Å². The Hall–Kier alpha value is -1.01. The van der Waals surface area contributed by atoms with Crippen molar-refractivity contribution in [3.05, 3.63) is 11.8 Å². The number of aliphatic carboxylic acids is 1. The molecule has 0 amide bonds. The predicted octanol–water partition coefficient (Wildman–Crippen LogP) is 0.233. The Kier molecular flexibility index (Phi) is 3.54. The molecule has 1 unspecified atom stereocenters. The number of carboxylic acid groups (broad SMARTS) is 1. The van der Waals surface area contributed by atoms with Crippen LogP contribution in [0.1, 0.15) is 5.69 Å². The number of nitrogens with two attached hydrogens (primary N) is 1. The van der Waals surface area contributed by atoms with Gasteiger partial charge < -0.3 is 10.8 Å². The van der Waals surface area contributed by atoms with Gasteiger partial charge in [0.1, 0.15) is 5.25 Å². The van der Waals surface area contributed by atoms with Gasteiger partial charge in [-0.1, -0.05) is 11.8 Å². The lowest BCUT2D eigenvalue weighted by Crippen LogP contribution is -2.26. The minimum Gasteiger partial charge on any atom is -0.480 e. The van der Waals surface area contributed by atoms with E-state index in [9.17, 15) is 4.79 Å². The summed E-state index contributed by atoms with van der Waals surface area (Å²) in [4.78, 5) is 10.7. The molecule has 0 spiro atoms. The number of rotatable bonds is 4. The Morgan fingerprint density at radius 2 is 2.50 bits per heavy atom. The molecule has 6 heteroatoms. The highest BCUT2D eigenvalue weighted by Crippen LogP contribution is 2.23. The van der Waals surface area contributed by atoms with Crippen molar-refractivity contribution in [3.63, 3.8) is 0 Å². The normalized spacial score (nSPS) is 12.8. The van der Waals surface area contributed by atoms with Gasteiger partial charge >= 0.3 is 5.97 Å². The van der Waals surface area contributed by atoms with Crippen molar-refractivity contribution in [1.82, 2.24) is 9.78 Å². The van der Waals surface area contributed by atoms with E-state index in [0.717, 1.165) is 10.7 Å². The van der Waals surface area contributed by atoms with Gasteiger partial charge in [-0.25, -0.2) is 0 Å². The first-order chi connectivity index (χ1) is 6.54. The maximum absolute atomic E-state index is 10.7. The van der Waals surface area contributed by atoms with Crippen molar-refractivity contribution in [1.29, 1.82) is 0 Å². The summed E-state index contributed by atoms with van der Waals surface area (Å²) in [6.45, 7) is 1.98. The number of thioether (sulfide) groups is 1. The number of aryl methyl sites for hydroxylation is 2. The number of hydrogen-bond donors (Lipinski definition) is 2. The van der Waals surface area contributed by atoms with Crippen molar-refractivity contribution in [3.8, 4) is 0 Å². The second-order valence-electron chi connectivity index (χ2n) is 2.93. The average molecular weight is 215 g/mol. The van der Waals surface area contributed by atoms with Gasteiger partial charge in [-0.3, -0.25) is 9.48 Å². The van der Waals surface area contributed by atoms with Crippen molar-refractivity contribution in [2.24, 2.45) is 12.8 Å². The molecule has 0 bridgehead atoms. The predicted molar refractivity (Wildman–Crippen MR) is 54.3 cm³/mol. The van der Waals surface area contributed by atoms with Crippen LogP contribution >= 0.6 is 11.8 Å². The molecule has 0 aliphatic carbocycles. The van der Waals surface area contributed by atoms with E-state index in [1.807, 2.05) is 13.0 Å². The highest BCUT2D eigenvalue weighted by molar-refractivity contribution is 8.00. The van der Waals surface area contributed by atoms with E-state index in [1.165, 1.54) is 11.8 Å². The zero-order valence-corrected chi connectivity index (χ0v) is 8.91. The molecule has 14 heavy (non-hydrogen) atoms. The first-order valence-electron chi connectivity index (χ1n) is 4.14. The van der Waals surface area contributed by atoms with E-state index in [-0.39, 0.29) is 6.54 Å². The van der Waals surface area contributed by atoms with Crippen LogP contribution in [0.25, 0.3) is 0 Å². The second-order valence-corrected chi connectivity index (χ2v) is 4.15. The van der Waals surface area contributed by atoms with Crippen LogP contribution in [-0.2, 0) is 11.8 Å². The van der Waals surface area contributed by atoms with E-state index in [2.05, 4.69) is 5.10 Å². The number of carbonyl (C=O) groups is 1. The molecule has 1 heterocycles. The minimum absolute atomic E-state index is 0.115. The third kappa shape index (κ3) is 2.49. The third-order valence-corrected chi connectivity index (χ3v) is 3.01. The monoisotopic (exact) mass is 215 g/mol. The van der Waals surface area contributed by atoms with E-state index in [0.29, 0.717) is 0 Å². The topological polar surface area (TPSA) is 81.1 Å². The Labute approximate surface area is 86.3 Å². The fourth-order valence-electron chi connectivity index (χ4n) is 1.04. The summed E-state index contributed by atoms with van der Waals surface area (Å²) in [6, 6.07) is 1.84. The maximum atomic E-state index is 10.7. The van der Waals surface area contributed by atoms with Crippen molar-refractivity contribution < 1.29 is 9.90 Å². The Morgan fingerprint density at radius 1 is 1.86 bits per heavy atom. The standard InChI is InChI=1S/C8H13N3O2S/c1-5-3-7(11(2)10-5)14-6(4-9)8(12)13/h3,6H,4,9H2,1-2H3,(H,12,13). The molecule has 0 aliphatic heterocycles. The summed E-state index contributed by atoms with van der Waals surface area (Å²) in [5.41, 5.74) is 6.22. The van der Waals surface area contributed by atoms with Gasteiger partial charge in [0.05, 0.1) is 10.7 Å². The van der Waals surface area contributed by atoms with E-state index < -0.39 is 11.2 Å². The molecule has 1 atom stereocenters. The maximum Gasteiger partial charge on any atom is 0.318 e. The molecule has 0 aliphatic rings. The molecular formula is C8H13N3O2S. The van der Waals surface area contributed by atoms with Crippen LogP contribution in [0.3, 0.4) is 0 Å². The lowest BCUT2D eigenvalue weighted by molar-refractivity contribution is -0.136. The molecule has 1 rings (SSSR count). The van der Waals surface area contributed by atoms with E-state index >= 15 is 0 Å². The first kappa shape index (κ1) is 11.1. The lowest BCUT2D eigenvalue weighted by atomic mass is 10.4. The largest absolute Gasteiger partial charge is 0.480 e. The minimum atomic E-state index is -0.892. The van der Waals surface area contributed by atoms with Crippen LogP contribution in [0, 0.1) is 6.92 Å². The summed E-state index contributed by atoms with van der Waals surface area (Å²) < 4.78 is 1.66. The molecule has 0 saturated heterocycles. The molecule has 1 aromatic rings. The van der Waals surface area contributed by atoms with Crippen LogP contribution in [0.15, 0.2) is 11.1 Å². The zero-order valence-electron chi connectivity index (χ0n) is 8.10. The van der Waals surface area contributed by atoms with Gasteiger partial charge in [0.2, 0.25) is 0 Å². The van der Waals surface area contributed by atoms with Crippen LogP contribution in [0.4, 0.5) is 0 Å². The molecule has 0 fully saturated rings. The molecule has 78 valence electrons. The number of hydrogen-bond acceptors (Lipinski definition) is 4. The van der Waals surface area contributed by atoms with Crippen molar-refractivity contribution >= 4 is 17.7 Å². The van der Waals surface area contributed by atoms with E-state index in [1.54, 1.807) is 11.7 Å². The molecular weight excluding hydrogens is 202 g/mol. The highest BCUT2D eigenvalue weighted by atomic mass is 32.2. The molecule has 0 radical (unpaired) electrons. The summed E-state index contributed by atoms with van der Waals surface area (Å²) >= 11 is 1.22. The molecule has 0 aromatic carbocycles. The quantitative estimate of drug-likeness (QED) is 0.703. The smallest absolute Gasteiger partial charge is 0.318 e. The van der Waals surface area contributed by atoms with Gasteiger partial charge in [-0.2, -0.15) is 5.10 Å². The van der Waals surface area contributed by atoms with Crippen LogP contribution < -0.4 is 5.73 Å². The Morgan fingerprint density at radius 3 is 2.86 bits per heavy atom. The number of carboxylic acids is 1. The SMILES string of the molecule is Cc1cc(SC(CN)C(=O)O)n(C)n1. The van der Waals surface area contributed by atoms with Crippen LogP contribution in [0.5, 0.6) is 0 Å². The fraction of sp³-hybridized carbons (Fsp3) is 0.500. The molecule has 0 saturated carbocycles. The van der Waals surface area contributed by atoms with Gasteiger partial charge in [0.15, 0.2) is 0 Å². The summed E-state index contributed by atoms with van der Waals surface area (Å²) in [5.74, 6) is -0.892. The van der Waals surface area contributed by atoms with Crippen molar-refractivity contribution in [2.45, 2.75) is 17.2 Å². The third-order valence-electron chi connectivity index (χ3n) is 1.71. The van der Waals surface area contributed by atoms with E-state index in [4.69, 9.17) is 10.8 Å². The van der Waals surface area contributed by atoms with Gasteiger partial charge in [-0.05, 0) is 13.0 Å². The molecule has 1 aromatic heterocycles. The molecule has 3 N–H and O–H groups in total. The van der Waals surface area contributed by atoms with Crippen molar-refractivity contribution in [2.75, 3.05) is 6.54 Å². The summed E-state index contributed by atoms with van der Waals surface area (Å²) in [5, 5.41) is 13.1. The van der Waals surface area contributed by atoms with Gasteiger partial charge in [0, 0.05) is 13.6 Å². The second kappa shape index (κ2) is 4.47. The summed E-state index contributed by atoms with van der Waals surface area (Å²) in [6.07, 6.45) is 0. The number of nitrogens with zero attached hydrogens (tertiary/aromatic N) is 2. The lowest BCUT2D eigenvalue weighted by Gasteiger charge is -2.08. The zero-order chi connectivity index (χ0) is 10.7. The van der Waals surface area contributed by atoms with Gasteiger partial charge in [-0.15, -0.1) is 0 Å². The first-order valence-corrected chi connectivity index (χ1v) is 5.02. The Balaban J connectivity index is 2.76. The fourth-order valence-corrected chi connectivity index (χ4v) is 1.96. The summed E-state index contributed by atoms with van der Waals surface area (Å²) in [7, 11) is 1.78. The highest BCUT2D eigenvalue weighted by Gasteiger charge is 2.18. The molecule has 5 nitrogen and oxygen atoms in total. The average Bonchev–Trinajstić information content (AvgIpc) is 2.40.